The molecule has 0 spiro atoms. The van der Waals surface area contributed by atoms with Crippen molar-refractivity contribution in [2.75, 3.05) is 0 Å². The smallest absolute Gasteiger partial charge is 0.279 e. The molecule has 1 heterocycles. The zero-order valence-corrected chi connectivity index (χ0v) is 15.2. The van der Waals surface area contributed by atoms with E-state index in [9.17, 15) is 14.4 Å². The van der Waals surface area contributed by atoms with E-state index in [0.717, 1.165) is 25.7 Å². The fourth-order valence-corrected chi connectivity index (χ4v) is 3.94. The number of rotatable bonds is 4. The summed E-state index contributed by atoms with van der Waals surface area (Å²) in [5.74, 6) is -1.10. The Kier molecular flexibility index (Phi) is 6.36. The first-order chi connectivity index (χ1) is 11.4. The van der Waals surface area contributed by atoms with Crippen LogP contribution in [0.4, 0.5) is 0 Å². The third kappa shape index (κ3) is 4.80. The highest BCUT2D eigenvalue weighted by Gasteiger charge is 2.24. The van der Waals surface area contributed by atoms with Crippen LogP contribution in [0.2, 0.25) is 0 Å². The molecule has 0 fully saturated rings. The number of hydrazine groups is 1. The van der Waals surface area contributed by atoms with Crippen LogP contribution in [0.1, 0.15) is 60.1 Å². The Hall–Kier alpha value is -1.89. The minimum Gasteiger partial charge on any atom is -0.344 e. The fraction of sp³-hybridized carbons (Fsp3) is 0.588. The highest BCUT2D eigenvalue weighted by Crippen LogP contribution is 2.28. The van der Waals surface area contributed by atoms with Crippen LogP contribution in [-0.2, 0) is 22.4 Å². The van der Waals surface area contributed by atoms with Crippen LogP contribution in [0.3, 0.4) is 0 Å². The largest absolute Gasteiger partial charge is 0.344 e. The van der Waals surface area contributed by atoms with Gasteiger partial charge in [0.25, 0.3) is 11.8 Å². The number of carbonyl (C=O) groups is 3. The predicted molar refractivity (Wildman–Crippen MR) is 93.6 cm³/mol. The van der Waals surface area contributed by atoms with Crippen LogP contribution in [0.5, 0.6) is 0 Å². The predicted octanol–water partition coefficient (Wildman–Crippen LogP) is 1.94. The molecule has 1 atom stereocenters. The van der Waals surface area contributed by atoms with Gasteiger partial charge in [-0.25, -0.2) is 0 Å². The lowest BCUT2D eigenvalue weighted by molar-refractivity contribution is -0.129. The normalized spacial score (nSPS) is 15.2. The molecule has 0 saturated heterocycles. The second-order valence-corrected chi connectivity index (χ2v) is 7.62. The Bertz CT molecular complexity index is 601. The molecule has 3 N–H and O–H groups in total. The van der Waals surface area contributed by atoms with Gasteiger partial charge in [-0.2, -0.15) is 0 Å². The van der Waals surface area contributed by atoms with Crippen molar-refractivity contribution in [3.05, 3.63) is 21.4 Å². The Morgan fingerprint density at radius 3 is 2.46 bits per heavy atom. The molecule has 1 aliphatic rings. The van der Waals surface area contributed by atoms with E-state index in [1.165, 1.54) is 35.1 Å². The highest BCUT2D eigenvalue weighted by atomic mass is 32.1. The molecule has 1 aromatic rings. The summed E-state index contributed by atoms with van der Waals surface area (Å²) >= 11 is 1.50. The molecule has 0 aliphatic heterocycles. The Labute approximate surface area is 146 Å². The molecule has 0 radical (unpaired) electrons. The summed E-state index contributed by atoms with van der Waals surface area (Å²) in [4.78, 5) is 37.5. The van der Waals surface area contributed by atoms with E-state index in [1.54, 1.807) is 0 Å². The van der Waals surface area contributed by atoms with Crippen molar-refractivity contribution < 1.29 is 14.4 Å². The molecule has 24 heavy (non-hydrogen) atoms. The minimum atomic E-state index is -0.678. The quantitative estimate of drug-likeness (QED) is 0.572. The average Bonchev–Trinajstić information content (AvgIpc) is 2.80. The van der Waals surface area contributed by atoms with E-state index in [1.807, 2.05) is 19.9 Å². The molecule has 3 amide bonds. The van der Waals surface area contributed by atoms with E-state index in [2.05, 4.69) is 16.2 Å². The Morgan fingerprint density at radius 2 is 1.79 bits per heavy atom. The second kappa shape index (κ2) is 8.28. The summed E-state index contributed by atoms with van der Waals surface area (Å²) in [5.41, 5.74) is 6.12. The topological polar surface area (TPSA) is 87.3 Å². The maximum Gasteiger partial charge on any atom is 0.279 e. The summed E-state index contributed by atoms with van der Waals surface area (Å²) in [6.45, 7) is 5.02. The molecule has 0 bridgehead atoms. The van der Waals surface area contributed by atoms with Crippen LogP contribution in [0.15, 0.2) is 6.07 Å². The fourth-order valence-electron chi connectivity index (χ4n) is 2.79. The number of aryl methyl sites for hydroxylation is 2. The highest BCUT2D eigenvalue weighted by molar-refractivity contribution is 7.14. The zero-order valence-electron chi connectivity index (χ0n) is 14.4. The number of thiophene rings is 1. The van der Waals surface area contributed by atoms with Gasteiger partial charge < -0.3 is 5.32 Å². The molecule has 0 unspecified atom stereocenters. The van der Waals surface area contributed by atoms with E-state index < -0.39 is 11.9 Å². The maximum atomic E-state index is 12.3. The second-order valence-electron chi connectivity index (χ2n) is 6.49. The Morgan fingerprint density at radius 1 is 1.08 bits per heavy atom. The van der Waals surface area contributed by atoms with Gasteiger partial charge in [0.05, 0.1) is 4.88 Å². The maximum absolute atomic E-state index is 12.3. The van der Waals surface area contributed by atoms with Gasteiger partial charge in [-0.3, -0.25) is 25.2 Å². The van der Waals surface area contributed by atoms with Gasteiger partial charge in [-0.05, 0) is 43.2 Å². The summed E-state index contributed by atoms with van der Waals surface area (Å²) in [5, 5.41) is 2.59. The Balaban J connectivity index is 1.94. The molecular formula is C17H25N3O3S. The summed E-state index contributed by atoms with van der Waals surface area (Å²) < 4.78 is 0. The third-order valence-electron chi connectivity index (χ3n) is 4.08. The zero-order chi connectivity index (χ0) is 17.7. The van der Waals surface area contributed by atoms with Gasteiger partial charge in [0, 0.05) is 11.8 Å². The summed E-state index contributed by atoms with van der Waals surface area (Å²) in [7, 11) is 0. The number of amides is 3. The van der Waals surface area contributed by atoms with E-state index in [-0.39, 0.29) is 17.7 Å². The minimum absolute atomic E-state index is 0.0800. The molecule has 0 saturated carbocycles. The third-order valence-corrected chi connectivity index (χ3v) is 5.31. The standard InChI is InChI=1S/C17H25N3O3S/c1-10(2)15(18-11(3)21)17(23)20-19-16(22)14-9-12-7-5-4-6-8-13(12)24-14/h9-10,15H,4-8H2,1-3H3,(H,18,21)(H,19,22)(H,20,23)/t15-/m1/s1. The molecule has 0 aromatic carbocycles. The van der Waals surface area contributed by atoms with Crippen LogP contribution in [-0.4, -0.2) is 23.8 Å². The lowest BCUT2D eigenvalue weighted by atomic mass is 10.0. The van der Waals surface area contributed by atoms with Gasteiger partial charge in [0.2, 0.25) is 5.91 Å². The van der Waals surface area contributed by atoms with E-state index in [4.69, 9.17) is 0 Å². The van der Waals surface area contributed by atoms with Gasteiger partial charge >= 0.3 is 0 Å². The van der Waals surface area contributed by atoms with Crippen molar-refractivity contribution in [3.8, 4) is 0 Å². The molecule has 7 heteroatoms. The number of hydrogen-bond acceptors (Lipinski definition) is 4. The van der Waals surface area contributed by atoms with Crippen molar-refractivity contribution in [2.45, 2.75) is 58.9 Å². The number of carbonyl (C=O) groups excluding carboxylic acids is 3. The van der Waals surface area contributed by atoms with E-state index in [0.29, 0.717) is 4.88 Å². The average molecular weight is 351 g/mol. The van der Waals surface area contributed by atoms with Crippen LogP contribution in [0, 0.1) is 5.92 Å². The van der Waals surface area contributed by atoms with Crippen molar-refractivity contribution in [2.24, 2.45) is 5.92 Å². The monoisotopic (exact) mass is 351 g/mol. The van der Waals surface area contributed by atoms with Crippen molar-refractivity contribution in [1.82, 2.24) is 16.2 Å². The van der Waals surface area contributed by atoms with Crippen molar-refractivity contribution in [3.63, 3.8) is 0 Å². The van der Waals surface area contributed by atoms with Crippen LogP contribution >= 0.6 is 11.3 Å². The molecular weight excluding hydrogens is 326 g/mol. The number of fused-ring (bicyclic) bond motifs is 1. The number of hydrogen-bond donors (Lipinski definition) is 3. The first kappa shape index (κ1) is 18.4. The molecule has 132 valence electrons. The van der Waals surface area contributed by atoms with Crippen LogP contribution in [0.25, 0.3) is 0 Å². The molecule has 1 aromatic heterocycles. The van der Waals surface area contributed by atoms with E-state index >= 15 is 0 Å². The first-order valence-corrected chi connectivity index (χ1v) is 9.19. The molecule has 1 aliphatic carbocycles. The number of nitrogens with one attached hydrogen (secondary N) is 3. The lowest BCUT2D eigenvalue weighted by Crippen LogP contribution is -2.53. The summed E-state index contributed by atoms with van der Waals surface area (Å²) in [6.07, 6.45) is 5.60. The summed E-state index contributed by atoms with van der Waals surface area (Å²) in [6, 6.07) is 1.25. The van der Waals surface area contributed by atoms with Gasteiger partial charge in [0.1, 0.15) is 6.04 Å². The van der Waals surface area contributed by atoms with Gasteiger partial charge in [-0.1, -0.05) is 20.3 Å². The molecule has 2 rings (SSSR count). The van der Waals surface area contributed by atoms with Crippen molar-refractivity contribution in [1.29, 1.82) is 0 Å². The first-order valence-electron chi connectivity index (χ1n) is 8.37. The van der Waals surface area contributed by atoms with Crippen LogP contribution < -0.4 is 16.2 Å². The lowest BCUT2D eigenvalue weighted by Gasteiger charge is -2.20. The SMILES string of the molecule is CC(=O)N[C@@H](C(=O)NNC(=O)c1cc2c(s1)CCCCC2)C(C)C. The molecule has 6 nitrogen and oxygen atoms in total. The van der Waals surface area contributed by atoms with Gasteiger partial charge in [-0.15, -0.1) is 11.3 Å². The van der Waals surface area contributed by atoms with Crippen molar-refractivity contribution >= 4 is 29.1 Å². The van der Waals surface area contributed by atoms with Gasteiger partial charge in [0.15, 0.2) is 0 Å².